The predicted octanol–water partition coefficient (Wildman–Crippen LogP) is 2.46. The zero-order valence-corrected chi connectivity index (χ0v) is 14.4. The second kappa shape index (κ2) is 8.68. The summed E-state index contributed by atoms with van der Waals surface area (Å²) < 4.78 is 0. The molecule has 2 aromatic heterocycles. The second-order valence-corrected chi connectivity index (χ2v) is 5.63. The van der Waals surface area contributed by atoms with Crippen LogP contribution < -0.4 is 10.6 Å². The van der Waals surface area contributed by atoms with Crippen molar-refractivity contribution in [3.05, 3.63) is 70.5 Å². The van der Waals surface area contributed by atoms with E-state index in [0.717, 1.165) is 11.1 Å². The molecule has 3 aromatic rings. The molecule has 27 heavy (non-hydrogen) atoms. The molecule has 3 N–H and O–H groups in total. The third-order valence-corrected chi connectivity index (χ3v) is 3.67. The van der Waals surface area contributed by atoms with Gasteiger partial charge in [-0.1, -0.05) is 12.1 Å². The minimum atomic E-state index is -0.425. The fraction of sp³-hybridized carbons (Fsp3) is 0.167. The number of aliphatic hydroxyl groups is 1. The molecular formula is C18H18N6O3. The lowest BCUT2D eigenvalue weighted by molar-refractivity contribution is -0.384. The number of hydrogen-bond donors (Lipinski definition) is 3. The number of nitrogens with one attached hydrogen (secondary N) is 2. The molecule has 0 bridgehead atoms. The van der Waals surface area contributed by atoms with Crippen LogP contribution in [-0.2, 0) is 6.54 Å². The molecule has 0 saturated heterocycles. The van der Waals surface area contributed by atoms with Gasteiger partial charge in [0, 0.05) is 49.2 Å². The Kier molecular flexibility index (Phi) is 5.85. The zero-order valence-electron chi connectivity index (χ0n) is 14.4. The van der Waals surface area contributed by atoms with Crippen LogP contribution in [0.5, 0.6) is 0 Å². The molecular weight excluding hydrogens is 348 g/mol. The van der Waals surface area contributed by atoms with E-state index in [9.17, 15) is 10.1 Å². The molecule has 138 valence electrons. The highest BCUT2D eigenvalue weighted by molar-refractivity contribution is 5.63. The monoisotopic (exact) mass is 366 g/mol. The largest absolute Gasteiger partial charge is 0.395 e. The Balaban J connectivity index is 1.83. The average Bonchev–Trinajstić information content (AvgIpc) is 2.71. The van der Waals surface area contributed by atoms with Crippen LogP contribution in [-0.4, -0.2) is 38.1 Å². The van der Waals surface area contributed by atoms with Gasteiger partial charge in [0.25, 0.3) is 5.69 Å². The van der Waals surface area contributed by atoms with Gasteiger partial charge in [-0.15, -0.1) is 0 Å². The molecule has 2 heterocycles. The number of nitro groups is 1. The maximum Gasteiger partial charge on any atom is 0.269 e. The Hall–Kier alpha value is -3.59. The Morgan fingerprint density at radius 3 is 2.74 bits per heavy atom. The smallest absolute Gasteiger partial charge is 0.269 e. The van der Waals surface area contributed by atoms with E-state index in [-0.39, 0.29) is 12.3 Å². The maximum atomic E-state index is 10.9. The number of aromatic nitrogens is 3. The SMILES string of the molecule is O=[N+]([O-])c1cccc(CNc2cc(-c3cccnc3)nc(NCCO)n2)c1. The number of non-ortho nitro benzene ring substituents is 1. The van der Waals surface area contributed by atoms with Gasteiger partial charge in [-0.05, 0) is 17.7 Å². The number of anilines is 2. The summed E-state index contributed by atoms with van der Waals surface area (Å²) in [6, 6.07) is 11.9. The van der Waals surface area contributed by atoms with E-state index in [1.54, 1.807) is 30.6 Å². The van der Waals surface area contributed by atoms with Gasteiger partial charge in [-0.25, -0.2) is 4.98 Å². The van der Waals surface area contributed by atoms with E-state index in [1.807, 2.05) is 12.1 Å². The van der Waals surface area contributed by atoms with Crippen molar-refractivity contribution < 1.29 is 10.0 Å². The highest BCUT2D eigenvalue weighted by atomic mass is 16.6. The highest BCUT2D eigenvalue weighted by Crippen LogP contribution is 2.21. The van der Waals surface area contributed by atoms with Crippen LogP contribution in [0.15, 0.2) is 54.9 Å². The van der Waals surface area contributed by atoms with Crippen LogP contribution in [0.4, 0.5) is 17.5 Å². The molecule has 0 spiro atoms. The molecule has 9 heteroatoms. The highest BCUT2D eigenvalue weighted by Gasteiger charge is 2.09. The summed E-state index contributed by atoms with van der Waals surface area (Å²) in [5.74, 6) is 0.919. The van der Waals surface area contributed by atoms with E-state index >= 15 is 0 Å². The molecule has 0 aliphatic heterocycles. The first-order valence-corrected chi connectivity index (χ1v) is 8.27. The minimum absolute atomic E-state index is 0.0401. The molecule has 0 aliphatic rings. The van der Waals surface area contributed by atoms with Crippen LogP contribution in [0.3, 0.4) is 0 Å². The average molecular weight is 366 g/mol. The molecule has 0 aliphatic carbocycles. The Morgan fingerprint density at radius 1 is 1.11 bits per heavy atom. The van der Waals surface area contributed by atoms with Gasteiger partial charge in [-0.2, -0.15) is 4.98 Å². The molecule has 0 atom stereocenters. The van der Waals surface area contributed by atoms with E-state index < -0.39 is 4.92 Å². The van der Waals surface area contributed by atoms with Crippen molar-refractivity contribution in [1.82, 2.24) is 15.0 Å². The lowest BCUT2D eigenvalue weighted by Crippen LogP contribution is -2.11. The standard InChI is InChI=1S/C18H18N6O3/c25-8-7-20-18-22-16(14-4-2-6-19-12-14)10-17(23-18)21-11-13-3-1-5-15(9-13)24(26)27/h1-6,9-10,12,25H,7-8,11H2,(H2,20,21,22,23). The van der Waals surface area contributed by atoms with Crippen molar-refractivity contribution in [3.63, 3.8) is 0 Å². The summed E-state index contributed by atoms with van der Waals surface area (Å²) in [6.07, 6.45) is 3.37. The minimum Gasteiger partial charge on any atom is -0.395 e. The van der Waals surface area contributed by atoms with Crippen LogP contribution in [0, 0.1) is 10.1 Å². The molecule has 1 aromatic carbocycles. The molecule has 0 radical (unpaired) electrons. The maximum absolute atomic E-state index is 10.9. The lowest BCUT2D eigenvalue weighted by Gasteiger charge is -2.11. The van der Waals surface area contributed by atoms with Gasteiger partial charge < -0.3 is 15.7 Å². The first-order valence-electron chi connectivity index (χ1n) is 8.27. The van der Waals surface area contributed by atoms with Crippen molar-refractivity contribution in [2.45, 2.75) is 6.54 Å². The van der Waals surface area contributed by atoms with Gasteiger partial charge in [-0.3, -0.25) is 15.1 Å². The van der Waals surface area contributed by atoms with Crippen molar-refractivity contribution in [3.8, 4) is 11.3 Å². The Bertz CT molecular complexity index is 920. The zero-order chi connectivity index (χ0) is 19.1. The third-order valence-electron chi connectivity index (χ3n) is 3.67. The van der Waals surface area contributed by atoms with E-state index in [4.69, 9.17) is 5.11 Å². The number of benzene rings is 1. The fourth-order valence-corrected chi connectivity index (χ4v) is 2.42. The van der Waals surface area contributed by atoms with Crippen molar-refractivity contribution >= 4 is 17.5 Å². The summed E-state index contributed by atoms with van der Waals surface area (Å²) in [5.41, 5.74) is 2.29. The number of aliphatic hydroxyl groups excluding tert-OH is 1. The van der Waals surface area contributed by atoms with Crippen LogP contribution in [0.1, 0.15) is 5.56 Å². The van der Waals surface area contributed by atoms with E-state index in [2.05, 4.69) is 25.6 Å². The van der Waals surface area contributed by atoms with Gasteiger partial charge in [0.15, 0.2) is 0 Å². The second-order valence-electron chi connectivity index (χ2n) is 5.63. The first-order chi connectivity index (χ1) is 13.2. The quantitative estimate of drug-likeness (QED) is 0.410. The van der Waals surface area contributed by atoms with Gasteiger partial charge in [0.2, 0.25) is 5.95 Å². The summed E-state index contributed by atoms with van der Waals surface area (Å²) in [6.45, 7) is 0.641. The molecule has 0 amide bonds. The molecule has 0 saturated carbocycles. The number of nitrogens with zero attached hydrogens (tertiary/aromatic N) is 4. The van der Waals surface area contributed by atoms with Crippen LogP contribution in [0.2, 0.25) is 0 Å². The normalized spacial score (nSPS) is 10.4. The third kappa shape index (κ3) is 4.95. The fourth-order valence-electron chi connectivity index (χ4n) is 2.42. The number of pyridine rings is 1. The lowest BCUT2D eigenvalue weighted by atomic mass is 10.2. The molecule has 9 nitrogen and oxygen atoms in total. The summed E-state index contributed by atoms with van der Waals surface area (Å²) in [5, 5.41) is 26.0. The number of nitro benzene ring substituents is 1. The topological polar surface area (TPSA) is 126 Å². The van der Waals surface area contributed by atoms with Crippen LogP contribution in [0.25, 0.3) is 11.3 Å². The Morgan fingerprint density at radius 2 is 2.00 bits per heavy atom. The summed E-state index contributed by atoms with van der Waals surface area (Å²) >= 11 is 0. The Labute approximate surface area is 155 Å². The van der Waals surface area contributed by atoms with Crippen molar-refractivity contribution in [1.29, 1.82) is 0 Å². The van der Waals surface area contributed by atoms with Crippen LogP contribution >= 0.6 is 0 Å². The number of hydrogen-bond acceptors (Lipinski definition) is 8. The predicted molar refractivity (Wildman–Crippen MR) is 101 cm³/mol. The number of rotatable bonds is 8. The molecule has 0 fully saturated rings. The first kappa shape index (κ1) is 18.2. The van der Waals surface area contributed by atoms with E-state index in [1.165, 1.54) is 12.1 Å². The van der Waals surface area contributed by atoms with Gasteiger partial charge in [0.05, 0.1) is 17.2 Å². The van der Waals surface area contributed by atoms with Crippen molar-refractivity contribution in [2.75, 3.05) is 23.8 Å². The van der Waals surface area contributed by atoms with Gasteiger partial charge >= 0.3 is 0 Å². The van der Waals surface area contributed by atoms with Crippen molar-refractivity contribution in [2.24, 2.45) is 0 Å². The summed E-state index contributed by atoms with van der Waals surface area (Å²) in [7, 11) is 0. The van der Waals surface area contributed by atoms with E-state index in [0.29, 0.717) is 30.5 Å². The molecule has 3 rings (SSSR count). The van der Waals surface area contributed by atoms with Gasteiger partial charge in [0.1, 0.15) is 5.82 Å². The molecule has 0 unspecified atom stereocenters. The summed E-state index contributed by atoms with van der Waals surface area (Å²) in [4.78, 5) is 23.4.